The molecule has 0 aromatic heterocycles. The average molecular weight is 303 g/mol. The molecule has 1 aliphatic rings. The Balaban J connectivity index is 2.22. The van der Waals surface area contributed by atoms with Crippen LogP contribution in [0.25, 0.3) is 0 Å². The van der Waals surface area contributed by atoms with Gasteiger partial charge < -0.3 is 10.2 Å². The zero-order chi connectivity index (χ0) is 15.8. The standard InChI is InChI=1S/C20H34N2/c1-4-16-21-19(17-18-12-8-7-9-13-18)20(22(2)3)14-10-5-6-11-15-20/h7-9,12-13,19,21H,4-6,10-11,14-17H2,1-3H3. The SMILES string of the molecule is CCCNC(Cc1ccccc1)C1(N(C)C)CCCCCC1. The van der Waals surface area contributed by atoms with E-state index in [1.807, 2.05) is 0 Å². The van der Waals surface area contributed by atoms with Crippen molar-refractivity contribution in [2.24, 2.45) is 0 Å². The first-order valence-electron chi connectivity index (χ1n) is 9.14. The molecule has 0 bridgehead atoms. The second-order valence-electron chi connectivity index (χ2n) is 7.11. The highest BCUT2D eigenvalue weighted by Gasteiger charge is 2.40. The Labute approximate surface area is 137 Å². The van der Waals surface area contributed by atoms with Crippen molar-refractivity contribution in [2.75, 3.05) is 20.6 Å². The van der Waals surface area contributed by atoms with Crippen LogP contribution in [0.3, 0.4) is 0 Å². The minimum absolute atomic E-state index is 0.307. The van der Waals surface area contributed by atoms with Crippen molar-refractivity contribution in [2.45, 2.75) is 69.9 Å². The quantitative estimate of drug-likeness (QED) is 0.757. The van der Waals surface area contributed by atoms with E-state index in [1.54, 1.807) is 0 Å². The van der Waals surface area contributed by atoms with Gasteiger partial charge in [-0.25, -0.2) is 0 Å². The van der Waals surface area contributed by atoms with Crippen molar-refractivity contribution in [3.05, 3.63) is 35.9 Å². The summed E-state index contributed by atoms with van der Waals surface area (Å²) in [6.45, 7) is 3.38. The fourth-order valence-electron chi connectivity index (χ4n) is 4.07. The number of hydrogen-bond acceptors (Lipinski definition) is 2. The molecule has 1 aliphatic carbocycles. The molecule has 22 heavy (non-hydrogen) atoms. The largest absolute Gasteiger partial charge is 0.312 e. The van der Waals surface area contributed by atoms with Crippen LogP contribution in [0.1, 0.15) is 57.4 Å². The van der Waals surface area contributed by atoms with Gasteiger partial charge in [0.2, 0.25) is 0 Å². The van der Waals surface area contributed by atoms with Gasteiger partial charge in [0.15, 0.2) is 0 Å². The smallest absolute Gasteiger partial charge is 0.0359 e. The Hall–Kier alpha value is -0.860. The average Bonchev–Trinajstić information content (AvgIpc) is 2.79. The van der Waals surface area contributed by atoms with Crippen molar-refractivity contribution >= 4 is 0 Å². The van der Waals surface area contributed by atoms with Crippen LogP contribution >= 0.6 is 0 Å². The molecule has 0 spiro atoms. The summed E-state index contributed by atoms with van der Waals surface area (Å²) in [6.07, 6.45) is 10.5. The molecule has 1 aromatic rings. The molecule has 1 unspecified atom stereocenters. The summed E-state index contributed by atoms with van der Waals surface area (Å²) in [6, 6.07) is 11.6. The summed E-state index contributed by atoms with van der Waals surface area (Å²) in [4.78, 5) is 2.52. The fourth-order valence-corrected chi connectivity index (χ4v) is 4.07. The Morgan fingerprint density at radius 2 is 1.68 bits per heavy atom. The number of hydrogen-bond donors (Lipinski definition) is 1. The second-order valence-corrected chi connectivity index (χ2v) is 7.11. The third-order valence-electron chi connectivity index (χ3n) is 5.43. The van der Waals surface area contributed by atoms with E-state index in [1.165, 1.54) is 50.5 Å². The van der Waals surface area contributed by atoms with E-state index in [0.29, 0.717) is 11.6 Å². The lowest BCUT2D eigenvalue weighted by atomic mass is 9.78. The topological polar surface area (TPSA) is 15.3 Å². The summed E-state index contributed by atoms with van der Waals surface area (Å²) in [5.74, 6) is 0. The van der Waals surface area contributed by atoms with Gasteiger partial charge in [-0.3, -0.25) is 0 Å². The minimum Gasteiger partial charge on any atom is -0.312 e. The molecule has 1 N–H and O–H groups in total. The molecule has 124 valence electrons. The van der Waals surface area contributed by atoms with E-state index < -0.39 is 0 Å². The normalized spacial score (nSPS) is 19.8. The van der Waals surface area contributed by atoms with E-state index in [4.69, 9.17) is 0 Å². The second kappa shape index (κ2) is 8.69. The van der Waals surface area contributed by atoms with Crippen LogP contribution in [0, 0.1) is 0 Å². The fraction of sp³-hybridized carbons (Fsp3) is 0.700. The van der Waals surface area contributed by atoms with Crippen LogP contribution in [-0.4, -0.2) is 37.1 Å². The van der Waals surface area contributed by atoms with Crippen molar-refractivity contribution in [3.63, 3.8) is 0 Å². The first kappa shape index (κ1) is 17.5. The van der Waals surface area contributed by atoms with Crippen molar-refractivity contribution in [1.82, 2.24) is 10.2 Å². The predicted octanol–water partition coefficient (Wildman–Crippen LogP) is 4.25. The summed E-state index contributed by atoms with van der Waals surface area (Å²) in [5, 5.41) is 3.90. The van der Waals surface area contributed by atoms with Gasteiger partial charge in [0.1, 0.15) is 0 Å². The van der Waals surface area contributed by atoms with Gasteiger partial charge in [-0.1, -0.05) is 62.9 Å². The molecule has 0 amide bonds. The van der Waals surface area contributed by atoms with Crippen molar-refractivity contribution in [1.29, 1.82) is 0 Å². The highest BCUT2D eigenvalue weighted by Crippen LogP contribution is 2.35. The van der Waals surface area contributed by atoms with E-state index in [-0.39, 0.29) is 0 Å². The number of nitrogens with one attached hydrogen (secondary N) is 1. The maximum atomic E-state index is 3.90. The molecular weight excluding hydrogens is 268 g/mol. The Morgan fingerprint density at radius 3 is 2.23 bits per heavy atom. The van der Waals surface area contributed by atoms with E-state index in [9.17, 15) is 0 Å². The highest BCUT2D eigenvalue weighted by atomic mass is 15.2. The number of benzene rings is 1. The monoisotopic (exact) mass is 302 g/mol. The van der Waals surface area contributed by atoms with E-state index in [0.717, 1.165) is 13.0 Å². The Morgan fingerprint density at radius 1 is 1.05 bits per heavy atom. The summed E-state index contributed by atoms with van der Waals surface area (Å²) in [5.41, 5.74) is 1.77. The van der Waals surface area contributed by atoms with Gasteiger partial charge in [0, 0.05) is 11.6 Å². The molecule has 1 fully saturated rings. The van der Waals surface area contributed by atoms with Crippen molar-refractivity contribution in [3.8, 4) is 0 Å². The zero-order valence-electron chi connectivity index (χ0n) is 14.8. The number of likely N-dealkylation sites (N-methyl/N-ethyl adjacent to an activating group) is 1. The molecule has 0 saturated heterocycles. The third kappa shape index (κ3) is 4.33. The first-order chi connectivity index (χ1) is 10.7. The lowest BCUT2D eigenvalue weighted by molar-refractivity contribution is 0.0801. The first-order valence-corrected chi connectivity index (χ1v) is 9.14. The predicted molar refractivity (Wildman–Crippen MR) is 96.3 cm³/mol. The van der Waals surface area contributed by atoms with Crippen LogP contribution in [0.4, 0.5) is 0 Å². The molecule has 2 nitrogen and oxygen atoms in total. The maximum Gasteiger partial charge on any atom is 0.0359 e. The van der Waals surface area contributed by atoms with Crippen LogP contribution in [-0.2, 0) is 6.42 Å². The molecule has 0 aliphatic heterocycles. The van der Waals surface area contributed by atoms with Crippen LogP contribution in [0.2, 0.25) is 0 Å². The summed E-state index contributed by atoms with van der Waals surface area (Å²) < 4.78 is 0. The maximum absolute atomic E-state index is 3.90. The summed E-state index contributed by atoms with van der Waals surface area (Å²) >= 11 is 0. The molecule has 1 aromatic carbocycles. The Kier molecular flexibility index (Phi) is 6.91. The molecular formula is C20H34N2. The van der Waals surface area contributed by atoms with Crippen LogP contribution < -0.4 is 5.32 Å². The lowest BCUT2D eigenvalue weighted by Crippen LogP contribution is -2.60. The lowest BCUT2D eigenvalue weighted by Gasteiger charge is -2.46. The van der Waals surface area contributed by atoms with Gasteiger partial charge in [0.25, 0.3) is 0 Å². The third-order valence-corrected chi connectivity index (χ3v) is 5.43. The van der Waals surface area contributed by atoms with Gasteiger partial charge >= 0.3 is 0 Å². The van der Waals surface area contributed by atoms with E-state index in [2.05, 4.69) is 61.6 Å². The molecule has 2 rings (SSSR count). The zero-order valence-corrected chi connectivity index (χ0v) is 14.8. The van der Waals surface area contributed by atoms with Crippen LogP contribution in [0.5, 0.6) is 0 Å². The Bertz CT molecular complexity index is 405. The number of nitrogens with zero attached hydrogens (tertiary/aromatic N) is 1. The highest BCUT2D eigenvalue weighted by molar-refractivity contribution is 5.18. The molecule has 1 saturated carbocycles. The summed E-state index contributed by atoms with van der Waals surface area (Å²) in [7, 11) is 4.58. The van der Waals surface area contributed by atoms with Gasteiger partial charge in [-0.05, 0) is 51.9 Å². The molecule has 2 heteroatoms. The van der Waals surface area contributed by atoms with Crippen LogP contribution in [0.15, 0.2) is 30.3 Å². The van der Waals surface area contributed by atoms with Gasteiger partial charge in [-0.2, -0.15) is 0 Å². The minimum atomic E-state index is 0.307. The number of rotatable bonds is 7. The van der Waals surface area contributed by atoms with Crippen molar-refractivity contribution < 1.29 is 0 Å². The molecule has 0 heterocycles. The molecule has 0 radical (unpaired) electrons. The van der Waals surface area contributed by atoms with E-state index >= 15 is 0 Å². The van der Waals surface area contributed by atoms with Gasteiger partial charge in [-0.15, -0.1) is 0 Å². The molecule has 1 atom stereocenters. The van der Waals surface area contributed by atoms with Gasteiger partial charge in [0.05, 0.1) is 0 Å².